The number of phenolic OH excluding ortho intramolecular Hbond substituents is 1. The summed E-state index contributed by atoms with van der Waals surface area (Å²) >= 11 is 0. The summed E-state index contributed by atoms with van der Waals surface area (Å²) in [5.41, 5.74) is 2.97. The molecule has 3 rings (SSSR count). The maximum absolute atomic E-state index is 8.84. The molecule has 0 unspecified atom stereocenters. The molecular weight excluding hydrogens is 304 g/mol. The number of phenols is 1. The largest absolute Gasteiger partial charge is 0.508 e. The van der Waals surface area contributed by atoms with Crippen molar-refractivity contribution >= 4 is 0 Å². The van der Waals surface area contributed by atoms with Crippen molar-refractivity contribution in [1.82, 2.24) is 0 Å². The summed E-state index contributed by atoms with van der Waals surface area (Å²) in [6.45, 7) is 0.902. The van der Waals surface area contributed by atoms with Crippen LogP contribution in [0.1, 0.15) is 24.1 Å². The van der Waals surface area contributed by atoms with Crippen LogP contribution in [-0.4, -0.2) is 11.9 Å². The summed E-state index contributed by atoms with van der Waals surface area (Å²) < 4.78 is 10.4. The van der Waals surface area contributed by atoms with Gasteiger partial charge in [0.05, 0.1) is 31.6 Å². The van der Waals surface area contributed by atoms with E-state index in [-0.39, 0.29) is 13.2 Å². The van der Waals surface area contributed by atoms with E-state index < -0.39 is 0 Å². The molecule has 0 saturated heterocycles. The van der Waals surface area contributed by atoms with E-state index in [2.05, 4.69) is 6.07 Å². The lowest BCUT2D eigenvalue weighted by molar-refractivity contribution is -0.0164. The van der Waals surface area contributed by atoms with Crippen molar-refractivity contribution < 1.29 is 14.6 Å². The minimum Gasteiger partial charge on any atom is -0.508 e. The minimum absolute atomic E-state index is 0. The highest BCUT2D eigenvalue weighted by Crippen LogP contribution is 2.24. The Morgan fingerprint density at radius 2 is 1.58 bits per heavy atom. The second-order valence-corrected chi connectivity index (χ2v) is 4.89. The SMILES string of the molecule is C.N#CCc1ccc(O)cc1.N#CCc1ccc2c(c1)COCO2. The zero-order valence-electron chi connectivity index (χ0n) is 12.5. The second-order valence-electron chi connectivity index (χ2n) is 4.89. The van der Waals surface area contributed by atoms with Gasteiger partial charge in [0, 0.05) is 5.56 Å². The normalized spacial score (nSPS) is 11.2. The average molecular weight is 324 g/mol. The Hall–Kier alpha value is -3.02. The van der Waals surface area contributed by atoms with Gasteiger partial charge in [-0.1, -0.05) is 25.6 Å². The number of nitrogens with zero attached hydrogens (tertiary/aromatic N) is 2. The highest BCUT2D eigenvalue weighted by Gasteiger charge is 2.10. The predicted molar refractivity (Wildman–Crippen MR) is 90.2 cm³/mol. The molecule has 0 atom stereocenters. The smallest absolute Gasteiger partial charge is 0.189 e. The quantitative estimate of drug-likeness (QED) is 0.910. The molecule has 1 heterocycles. The van der Waals surface area contributed by atoms with E-state index in [9.17, 15) is 0 Å². The molecule has 0 saturated carbocycles. The molecule has 1 N–H and O–H groups in total. The lowest BCUT2D eigenvalue weighted by Gasteiger charge is -2.17. The monoisotopic (exact) mass is 324 g/mol. The first-order valence-electron chi connectivity index (χ1n) is 7.07. The number of benzene rings is 2. The van der Waals surface area contributed by atoms with Gasteiger partial charge in [-0.25, -0.2) is 0 Å². The molecular formula is C19H20N2O3. The van der Waals surface area contributed by atoms with Crippen molar-refractivity contribution in [3.63, 3.8) is 0 Å². The summed E-state index contributed by atoms with van der Waals surface area (Å²) in [4.78, 5) is 0. The van der Waals surface area contributed by atoms with E-state index in [0.717, 1.165) is 22.4 Å². The fourth-order valence-corrected chi connectivity index (χ4v) is 2.05. The van der Waals surface area contributed by atoms with Crippen molar-refractivity contribution in [1.29, 1.82) is 10.5 Å². The van der Waals surface area contributed by atoms with Gasteiger partial charge in [-0.05, 0) is 35.4 Å². The maximum Gasteiger partial charge on any atom is 0.189 e. The average Bonchev–Trinajstić information content (AvgIpc) is 2.58. The van der Waals surface area contributed by atoms with Gasteiger partial charge < -0.3 is 14.6 Å². The molecule has 1 aliphatic heterocycles. The minimum atomic E-state index is 0. The first kappa shape index (κ1) is 19.0. The van der Waals surface area contributed by atoms with Gasteiger partial charge in [-0.2, -0.15) is 10.5 Å². The lowest BCUT2D eigenvalue weighted by Crippen LogP contribution is -2.11. The van der Waals surface area contributed by atoms with Gasteiger partial charge in [0.25, 0.3) is 0 Å². The Bertz CT molecular complexity index is 728. The number of aromatic hydroxyl groups is 1. The van der Waals surface area contributed by atoms with Crippen LogP contribution in [0.4, 0.5) is 0 Å². The van der Waals surface area contributed by atoms with Crippen LogP contribution < -0.4 is 4.74 Å². The van der Waals surface area contributed by atoms with Crippen molar-refractivity contribution in [2.45, 2.75) is 26.9 Å². The van der Waals surface area contributed by atoms with Gasteiger partial charge in [0.15, 0.2) is 6.79 Å². The predicted octanol–water partition coefficient (Wildman–Crippen LogP) is 3.71. The Kier molecular flexibility index (Phi) is 7.84. The van der Waals surface area contributed by atoms with Crippen molar-refractivity contribution in [2.24, 2.45) is 0 Å². The third-order valence-electron chi connectivity index (χ3n) is 3.18. The summed E-state index contributed by atoms with van der Waals surface area (Å²) in [6.07, 6.45) is 0.841. The number of fused-ring (bicyclic) bond motifs is 1. The highest BCUT2D eigenvalue weighted by molar-refractivity contribution is 5.38. The molecule has 0 radical (unpaired) electrons. The molecule has 0 aromatic heterocycles. The Balaban J connectivity index is 0.000000238. The van der Waals surface area contributed by atoms with E-state index in [1.807, 2.05) is 24.3 Å². The summed E-state index contributed by atoms with van der Waals surface area (Å²) in [7, 11) is 0. The first-order chi connectivity index (χ1) is 11.2. The molecule has 0 aliphatic carbocycles. The topological polar surface area (TPSA) is 86.3 Å². The molecule has 2 aromatic rings. The summed E-state index contributed by atoms with van der Waals surface area (Å²) in [5, 5.41) is 25.6. The van der Waals surface area contributed by atoms with Crippen LogP contribution in [0.5, 0.6) is 11.5 Å². The Morgan fingerprint density at radius 1 is 0.958 bits per heavy atom. The molecule has 124 valence electrons. The number of hydrogen-bond donors (Lipinski definition) is 1. The Labute approximate surface area is 142 Å². The molecule has 0 bridgehead atoms. The van der Waals surface area contributed by atoms with Crippen LogP contribution in [0.3, 0.4) is 0 Å². The first-order valence-corrected chi connectivity index (χ1v) is 7.07. The third kappa shape index (κ3) is 5.64. The van der Waals surface area contributed by atoms with Crippen LogP contribution in [0.15, 0.2) is 42.5 Å². The van der Waals surface area contributed by atoms with Gasteiger partial charge >= 0.3 is 0 Å². The fraction of sp³-hybridized carbons (Fsp3) is 0.263. The maximum atomic E-state index is 8.84. The zero-order valence-corrected chi connectivity index (χ0v) is 12.5. The summed E-state index contributed by atoms with van der Waals surface area (Å²) in [5.74, 6) is 1.11. The molecule has 5 heteroatoms. The van der Waals surface area contributed by atoms with Crippen LogP contribution in [0, 0.1) is 22.7 Å². The second kappa shape index (κ2) is 9.89. The van der Waals surface area contributed by atoms with Crippen LogP contribution in [-0.2, 0) is 24.2 Å². The Morgan fingerprint density at radius 3 is 2.25 bits per heavy atom. The number of rotatable bonds is 2. The van der Waals surface area contributed by atoms with Crippen LogP contribution in [0.25, 0.3) is 0 Å². The van der Waals surface area contributed by atoms with E-state index >= 15 is 0 Å². The number of nitriles is 2. The van der Waals surface area contributed by atoms with Crippen LogP contribution in [0.2, 0.25) is 0 Å². The van der Waals surface area contributed by atoms with E-state index in [1.165, 1.54) is 0 Å². The van der Waals surface area contributed by atoms with Crippen LogP contribution >= 0.6 is 0 Å². The summed E-state index contributed by atoms with van der Waals surface area (Å²) in [6, 6.07) is 16.5. The van der Waals surface area contributed by atoms with Gasteiger partial charge in [-0.15, -0.1) is 0 Å². The zero-order chi connectivity index (χ0) is 16.5. The molecule has 2 aromatic carbocycles. The van der Waals surface area contributed by atoms with Gasteiger partial charge in [0.1, 0.15) is 11.5 Å². The lowest BCUT2D eigenvalue weighted by atomic mass is 10.1. The molecule has 0 fully saturated rings. The molecule has 5 nitrogen and oxygen atoms in total. The highest BCUT2D eigenvalue weighted by atomic mass is 16.7. The van der Waals surface area contributed by atoms with E-state index in [1.54, 1.807) is 24.3 Å². The molecule has 1 aliphatic rings. The fourth-order valence-electron chi connectivity index (χ4n) is 2.05. The number of hydrogen-bond acceptors (Lipinski definition) is 5. The number of ether oxygens (including phenoxy) is 2. The van der Waals surface area contributed by atoms with E-state index in [4.69, 9.17) is 25.1 Å². The van der Waals surface area contributed by atoms with Crippen molar-refractivity contribution in [3.05, 3.63) is 59.2 Å². The molecule has 24 heavy (non-hydrogen) atoms. The third-order valence-corrected chi connectivity index (χ3v) is 3.18. The van der Waals surface area contributed by atoms with E-state index in [0.29, 0.717) is 26.2 Å². The standard InChI is InChI=1S/C10H9NO2.C8H7NO.CH4/c11-4-3-8-1-2-10-9(5-8)6-12-7-13-10;9-6-5-7-1-3-8(10)4-2-7;/h1-2,5H,3,6-7H2;1-4,10H,5H2;1H4. The molecule has 0 spiro atoms. The van der Waals surface area contributed by atoms with Gasteiger partial charge in [0.2, 0.25) is 0 Å². The van der Waals surface area contributed by atoms with Crippen molar-refractivity contribution in [3.8, 4) is 23.6 Å². The van der Waals surface area contributed by atoms with Gasteiger partial charge in [-0.3, -0.25) is 0 Å². The molecule has 0 amide bonds. The van der Waals surface area contributed by atoms with Crippen molar-refractivity contribution in [2.75, 3.05) is 6.79 Å².